The van der Waals surface area contributed by atoms with E-state index in [-0.39, 0.29) is 21.6 Å². The van der Waals surface area contributed by atoms with Gasteiger partial charge in [0.1, 0.15) is 4.47 Å². The fourth-order valence-corrected chi connectivity index (χ4v) is 2.90. The van der Waals surface area contributed by atoms with Gasteiger partial charge in [-0.1, -0.05) is 6.07 Å². The lowest BCUT2D eigenvalue weighted by Gasteiger charge is -2.30. The molecule has 1 aromatic rings. The van der Waals surface area contributed by atoms with E-state index in [0.29, 0.717) is 25.9 Å². The Morgan fingerprint density at radius 1 is 1.33 bits per heavy atom. The summed E-state index contributed by atoms with van der Waals surface area (Å²) in [6.45, 7) is 0.676. The molecular formula is C13H13BrN2O5. The molecule has 0 aromatic heterocycles. The fraction of sp³-hybridized carbons (Fsp3) is 0.385. The number of nitrogens with zero attached hydrogens (tertiary/aromatic N) is 2. The molecule has 8 heteroatoms. The Labute approximate surface area is 128 Å². The number of likely N-dealkylation sites (tertiary alicyclic amines) is 1. The number of nitro benzene ring substituents is 1. The number of piperidine rings is 1. The minimum absolute atomic E-state index is 0.153. The minimum atomic E-state index is -0.848. The van der Waals surface area contributed by atoms with E-state index >= 15 is 0 Å². The summed E-state index contributed by atoms with van der Waals surface area (Å²) in [6, 6.07) is 4.29. The summed E-state index contributed by atoms with van der Waals surface area (Å²) in [4.78, 5) is 35.1. The maximum atomic E-state index is 12.4. The zero-order valence-electron chi connectivity index (χ0n) is 11.0. The zero-order chi connectivity index (χ0) is 15.6. The molecule has 0 radical (unpaired) electrons. The molecule has 7 nitrogen and oxygen atoms in total. The normalized spacial score (nSPS) is 15.8. The lowest BCUT2D eigenvalue weighted by Crippen LogP contribution is -2.40. The third kappa shape index (κ3) is 3.21. The van der Waals surface area contributed by atoms with E-state index in [1.807, 2.05) is 0 Å². The molecule has 1 aliphatic heterocycles. The zero-order valence-corrected chi connectivity index (χ0v) is 12.6. The van der Waals surface area contributed by atoms with Crippen LogP contribution in [0.5, 0.6) is 0 Å². The molecule has 0 saturated carbocycles. The Morgan fingerprint density at radius 2 is 1.95 bits per heavy atom. The van der Waals surface area contributed by atoms with Gasteiger partial charge in [0, 0.05) is 19.2 Å². The molecule has 1 aliphatic rings. The van der Waals surface area contributed by atoms with Crippen molar-refractivity contribution in [1.29, 1.82) is 0 Å². The summed E-state index contributed by atoms with van der Waals surface area (Å²) in [5.74, 6) is -1.60. The Bertz CT molecular complexity index is 596. The van der Waals surface area contributed by atoms with Crippen molar-refractivity contribution < 1.29 is 19.6 Å². The summed E-state index contributed by atoms with van der Waals surface area (Å²) in [7, 11) is 0. The third-order valence-corrected chi connectivity index (χ3v) is 4.37. The molecule has 1 aromatic carbocycles. The number of hydrogen-bond acceptors (Lipinski definition) is 4. The van der Waals surface area contributed by atoms with Crippen LogP contribution in [0.4, 0.5) is 5.69 Å². The fourth-order valence-electron chi connectivity index (χ4n) is 2.33. The predicted molar refractivity (Wildman–Crippen MR) is 77.1 cm³/mol. The summed E-state index contributed by atoms with van der Waals surface area (Å²) >= 11 is 3.10. The molecule has 0 unspecified atom stereocenters. The van der Waals surface area contributed by atoms with Crippen molar-refractivity contribution in [3.8, 4) is 0 Å². The average Bonchev–Trinajstić information content (AvgIpc) is 2.46. The molecule has 0 spiro atoms. The first-order valence-electron chi connectivity index (χ1n) is 6.36. The summed E-state index contributed by atoms with van der Waals surface area (Å²) in [5.41, 5.74) is 0.0549. The highest BCUT2D eigenvalue weighted by atomic mass is 79.9. The number of benzene rings is 1. The minimum Gasteiger partial charge on any atom is -0.481 e. The molecule has 21 heavy (non-hydrogen) atoms. The molecule has 1 heterocycles. The van der Waals surface area contributed by atoms with Gasteiger partial charge in [0.15, 0.2) is 0 Å². The molecule has 1 N–H and O–H groups in total. The monoisotopic (exact) mass is 356 g/mol. The van der Waals surface area contributed by atoms with Gasteiger partial charge in [-0.05, 0) is 34.8 Å². The van der Waals surface area contributed by atoms with E-state index in [1.165, 1.54) is 23.1 Å². The van der Waals surface area contributed by atoms with Crippen molar-refractivity contribution in [1.82, 2.24) is 4.90 Å². The van der Waals surface area contributed by atoms with Gasteiger partial charge >= 0.3 is 5.97 Å². The van der Waals surface area contributed by atoms with Crippen LogP contribution in [-0.4, -0.2) is 39.9 Å². The highest BCUT2D eigenvalue weighted by Crippen LogP contribution is 2.30. The van der Waals surface area contributed by atoms with Crippen molar-refractivity contribution in [2.75, 3.05) is 13.1 Å². The largest absolute Gasteiger partial charge is 0.481 e. The van der Waals surface area contributed by atoms with Crippen molar-refractivity contribution in [2.45, 2.75) is 12.8 Å². The molecule has 0 atom stereocenters. The van der Waals surface area contributed by atoms with Crippen LogP contribution in [0.15, 0.2) is 22.7 Å². The van der Waals surface area contributed by atoms with Gasteiger partial charge in [-0.15, -0.1) is 0 Å². The van der Waals surface area contributed by atoms with Crippen LogP contribution in [0.25, 0.3) is 0 Å². The standard InChI is InChI=1S/C13H13BrN2O5/c14-11-9(2-1-3-10(11)16(20)21)12(17)15-6-4-8(5-7-15)13(18)19/h1-3,8H,4-7H2,(H,18,19). The van der Waals surface area contributed by atoms with Crippen LogP contribution < -0.4 is 0 Å². The van der Waals surface area contributed by atoms with E-state index in [4.69, 9.17) is 5.11 Å². The van der Waals surface area contributed by atoms with Gasteiger partial charge in [0.25, 0.3) is 11.6 Å². The maximum absolute atomic E-state index is 12.4. The lowest BCUT2D eigenvalue weighted by molar-refractivity contribution is -0.385. The van der Waals surface area contributed by atoms with Crippen LogP contribution in [-0.2, 0) is 4.79 Å². The molecule has 0 bridgehead atoms. The number of carboxylic acids is 1. The first-order valence-corrected chi connectivity index (χ1v) is 7.16. The average molecular weight is 357 g/mol. The third-order valence-electron chi connectivity index (χ3n) is 3.54. The number of aliphatic carboxylic acids is 1. The number of carbonyl (C=O) groups is 2. The number of carbonyl (C=O) groups excluding carboxylic acids is 1. The van der Waals surface area contributed by atoms with E-state index < -0.39 is 16.8 Å². The lowest BCUT2D eigenvalue weighted by atomic mass is 9.96. The predicted octanol–water partition coefficient (Wildman–Crippen LogP) is 2.29. The highest BCUT2D eigenvalue weighted by molar-refractivity contribution is 9.10. The SMILES string of the molecule is O=C(O)C1CCN(C(=O)c2cccc([N+](=O)[O-])c2Br)CC1. The number of hydrogen-bond donors (Lipinski definition) is 1. The molecular weight excluding hydrogens is 344 g/mol. The smallest absolute Gasteiger partial charge is 0.306 e. The summed E-state index contributed by atoms with van der Waals surface area (Å²) in [5, 5.41) is 19.8. The second-order valence-electron chi connectivity index (χ2n) is 4.80. The number of rotatable bonds is 3. The number of carboxylic acid groups (broad SMARTS) is 1. The van der Waals surface area contributed by atoms with Crippen LogP contribution in [0.3, 0.4) is 0 Å². The first-order chi connectivity index (χ1) is 9.91. The Hall–Kier alpha value is -1.96. The summed E-state index contributed by atoms with van der Waals surface area (Å²) < 4.78 is 0.153. The molecule has 0 aliphatic carbocycles. The van der Waals surface area contributed by atoms with Crippen LogP contribution in [0.1, 0.15) is 23.2 Å². The highest BCUT2D eigenvalue weighted by Gasteiger charge is 2.29. The molecule has 2 rings (SSSR count). The Morgan fingerprint density at radius 3 is 2.48 bits per heavy atom. The second kappa shape index (κ2) is 6.21. The Balaban J connectivity index is 2.17. The van der Waals surface area contributed by atoms with E-state index in [0.717, 1.165) is 0 Å². The van der Waals surface area contributed by atoms with Crippen LogP contribution in [0.2, 0.25) is 0 Å². The van der Waals surface area contributed by atoms with Crippen molar-refractivity contribution in [3.05, 3.63) is 38.3 Å². The summed E-state index contributed by atoms with van der Waals surface area (Å²) in [6.07, 6.45) is 0.793. The van der Waals surface area contributed by atoms with E-state index in [9.17, 15) is 19.7 Å². The molecule has 1 amide bonds. The maximum Gasteiger partial charge on any atom is 0.306 e. The van der Waals surface area contributed by atoms with Gasteiger partial charge < -0.3 is 10.0 Å². The molecule has 112 valence electrons. The van der Waals surface area contributed by atoms with Crippen molar-refractivity contribution >= 4 is 33.5 Å². The Kier molecular flexibility index (Phi) is 4.56. The topological polar surface area (TPSA) is 101 Å². The van der Waals surface area contributed by atoms with E-state index in [2.05, 4.69) is 15.9 Å². The second-order valence-corrected chi connectivity index (χ2v) is 5.59. The van der Waals surface area contributed by atoms with Gasteiger partial charge in [-0.2, -0.15) is 0 Å². The number of nitro groups is 1. The van der Waals surface area contributed by atoms with Crippen molar-refractivity contribution in [2.24, 2.45) is 5.92 Å². The van der Waals surface area contributed by atoms with Gasteiger partial charge in [-0.3, -0.25) is 19.7 Å². The number of amides is 1. The number of halogens is 1. The van der Waals surface area contributed by atoms with Crippen molar-refractivity contribution in [3.63, 3.8) is 0 Å². The quantitative estimate of drug-likeness (QED) is 0.661. The van der Waals surface area contributed by atoms with Crippen LogP contribution in [0, 0.1) is 16.0 Å². The van der Waals surface area contributed by atoms with Gasteiger partial charge in [0.2, 0.25) is 0 Å². The van der Waals surface area contributed by atoms with Crippen LogP contribution >= 0.6 is 15.9 Å². The first kappa shape index (κ1) is 15.4. The van der Waals surface area contributed by atoms with E-state index in [1.54, 1.807) is 0 Å². The van der Waals surface area contributed by atoms with Gasteiger partial charge in [0.05, 0.1) is 16.4 Å². The molecule has 1 saturated heterocycles. The molecule has 1 fully saturated rings. The van der Waals surface area contributed by atoms with Gasteiger partial charge in [-0.25, -0.2) is 0 Å².